The minimum absolute atomic E-state index is 0.152. The molecule has 0 radical (unpaired) electrons. The largest absolute Gasteiger partial charge is 0.345 e. The van der Waals surface area contributed by atoms with E-state index in [1.54, 1.807) is 18.2 Å². The zero-order valence-electron chi connectivity index (χ0n) is 9.06. The molecule has 0 spiro atoms. The van der Waals surface area contributed by atoms with Crippen LogP contribution in [-0.2, 0) is 9.59 Å². The highest BCUT2D eigenvalue weighted by Crippen LogP contribution is 2.18. The minimum atomic E-state index is -0.702. The molecule has 1 aliphatic rings. The van der Waals surface area contributed by atoms with E-state index in [2.05, 4.69) is 10.6 Å². The van der Waals surface area contributed by atoms with Crippen molar-refractivity contribution in [2.24, 2.45) is 0 Å². The van der Waals surface area contributed by atoms with Gasteiger partial charge in [-0.1, -0.05) is 6.07 Å². The molecular formula is C12H11N3O2. The fourth-order valence-corrected chi connectivity index (χ4v) is 1.33. The van der Waals surface area contributed by atoms with Gasteiger partial charge >= 0.3 is 11.8 Å². The van der Waals surface area contributed by atoms with Crippen LogP contribution >= 0.6 is 0 Å². The van der Waals surface area contributed by atoms with Gasteiger partial charge in [-0.2, -0.15) is 5.26 Å². The normalized spacial score (nSPS) is 13.6. The van der Waals surface area contributed by atoms with Gasteiger partial charge in [0.05, 0.1) is 11.6 Å². The van der Waals surface area contributed by atoms with Crippen molar-refractivity contribution in [3.05, 3.63) is 29.8 Å². The lowest BCUT2D eigenvalue weighted by Crippen LogP contribution is -2.36. The summed E-state index contributed by atoms with van der Waals surface area (Å²) in [5.41, 5.74) is 0.880. The van der Waals surface area contributed by atoms with Crippen LogP contribution in [0.1, 0.15) is 18.4 Å². The smallest absolute Gasteiger partial charge is 0.313 e. The van der Waals surface area contributed by atoms with E-state index < -0.39 is 11.8 Å². The van der Waals surface area contributed by atoms with Gasteiger partial charge in [0.1, 0.15) is 0 Å². The number of carbonyl (C=O) groups excluding carboxylic acids is 2. The molecule has 0 unspecified atom stereocenters. The van der Waals surface area contributed by atoms with Crippen molar-refractivity contribution in [3.8, 4) is 6.07 Å². The SMILES string of the molecule is N#Cc1cccc(NC(=O)C(=O)NC2CC2)c1. The average molecular weight is 229 g/mol. The Hall–Kier alpha value is -2.35. The Bertz CT molecular complexity index is 501. The van der Waals surface area contributed by atoms with Gasteiger partial charge in [-0.3, -0.25) is 9.59 Å². The van der Waals surface area contributed by atoms with Crippen molar-refractivity contribution < 1.29 is 9.59 Å². The van der Waals surface area contributed by atoms with Crippen molar-refractivity contribution >= 4 is 17.5 Å². The Morgan fingerprint density at radius 1 is 1.29 bits per heavy atom. The molecular weight excluding hydrogens is 218 g/mol. The molecule has 1 saturated carbocycles. The van der Waals surface area contributed by atoms with Crippen molar-refractivity contribution in [1.29, 1.82) is 5.26 Å². The number of carbonyl (C=O) groups is 2. The third-order valence-corrected chi connectivity index (χ3v) is 2.37. The third-order valence-electron chi connectivity index (χ3n) is 2.37. The van der Waals surface area contributed by atoms with Gasteiger partial charge in [-0.15, -0.1) is 0 Å². The molecule has 0 atom stereocenters. The summed E-state index contributed by atoms with van der Waals surface area (Å²) in [5.74, 6) is -1.33. The van der Waals surface area contributed by atoms with E-state index in [4.69, 9.17) is 5.26 Å². The highest BCUT2D eigenvalue weighted by molar-refractivity contribution is 6.39. The summed E-state index contributed by atoms with van der Waals surface area (Å²) >= 11 is 0. The second-order valence-corrected chi connectivity index (χ2v) is 3.89. The van der Waals surface area contributed by atoms with Crippen LogP contribution in [0.2, 0.25) is 0 Å². The number of nitrogens with zero attached hydrogens (tertiary/aromatic N) is 1. The van der Waals surface area contributed by atoms with E-state index in [0.29, 0.717) is 11.3 Å². The number of nitriles is 1. The summed E-state index contributed by atoms with van der Waals surface area (Å²) in [4.78, 5) is 22.8. The van der Waals surface area contributed by atoms with E-state index in [9.17, 15) is 9.59 Å². The van der Waals surface area contributed by atoms with Crippen LogP contribution in [0.5, 0.6) is 0 Å². The fourth-order valence-electron chi connectivity index (χ4n) is 1.33. The van der Waals surface area contributed by atoms with E-state index in [1.807, 2.05) is 6.07 Å². The van der Waals surface area contributed by atoms with Gasteiger partial charge in [0.25, 0.3) is 0 Å². The zero-order chi connectivity index (χ0) is 12.3. The van der Waals surface area contributed by atoms with Crippen molar-refractivity contribution in [2.45, 2.75) is 18.9 Å². The Labute approximate surface area is 98.4 Å². The summed E-state index contributed by atoms with van der Waals surface area (Å²) in [6.45, 7) is 0. The maximum atomic E-state index is 11.5. The maximum absolute atomic E-state index is 11.5. The number of anilines is 1. The van der Waals surface area contributed by atoms with Gasteiger partial charge in [0, 0.05) is 11.7 Å². The van der Waals surface area contributed by atoms with Crippen LogP contribution in [0.4, 0.5) is 5.69 Å². The number of hydrogen-bond acceptors (Lipinski definition) is 3. The lowest BCUT2D eigenvalue weighted by atomic mass is 10.2. The zero-order valence-corrected chi connectivity index (χ0v) is 9.06. The minimum Gasteiger partial charge on any atom is -0.345 e. The molecule has 0 aromatic heterocycles. The molecule has 1 aromatic carbocycles. The molecule has 0 saturated heterocycles. The van der Waals surface area contributed by atoms with Crippen LogP contribution < -0.4 is 10.6 Å². The van der Waals surface area contributed by atoms with Crippen LogP contribution in [0, 0.1) is 11.3 Å². The average Bonchev–Trinajstić information content (AvgIpc) is 3.13. The van der Waals surface area contributed by atoms with Gasteiger partial charge in [-0.25, -0.2) is 0 Å². The first kappa shape index (κ1) is 11.1. The quantitative estimate of drug-likeness (QED) is 0.735. The Kier molecular flexibility index (Phi) is 3.06. The first-order valence-electron chi connectivity index (χ1n) is 5.31. The number of nitrogens with one attached hydrogen (secondary N) is 2. The molecule has 1 fully saturated rings. The lowest BCUT2D eigenvalue weighted by Gasteiger charge is -2.05. The highest BCUT2D eigenvalue weighted by atomic mass is 16.2. The predicted molar refractivity (Wildman–Crippen MR) is 61.0 cm³/mol. The topological polar surface area (TPSA) is 82.0 Å². The van der Waals surface area contributed by atoms with E-state index in [-0.39, 0.29) is 6.04 Å². The second kappa shape index (κ2) is 4.66. The van der Waals surface area contributed by atoms with Gasteiger partial charge in [-0.05, 0) is 31.0 Å². The fraction of sp³-hybridized carbons (Fsp3) is 0.250. The first-order valence-corrected chi connectivity index (χ1v) is 5.31. The van der Waals surface area contributed by atoms with Crippen LogP contribution in [0.25, 0.3) is 0 Å². The van der Waals surface area contributed by atoms with E-state index >= 15 is 0 Å². The molecule has 86 valence electrons. The molecule has 1 aromatic rings. The van der Waals surface area contributed by atoms with Crippen molar-refractivity contribution in [3.63, 3.8) is 0 Å². The van der Waals surface area contributed by atoms with E-state index in [1.165, 1.54) is 6.07 Å². The van der Waals surface area contributed by atoms with Gasteiger partial charge < -0.3 is 10.6 Å². The molecule has 17 heavy (non-hydrogen) atoms. The van der Waals surface area contributed by atoms with Crippen LogP contribution in [-0.4, -0.2) is 17.9 Å². The second-order valence-electron chi connectivity index (χ2n) is 3.89. The highest BCUT2D eigenvalue weighted by Gasteiger charge is 2.26. The Morgan fingerprint density at radius 2 is 2.06 bits per heavy atom. The maximum Gasteiger partial charge on any atom is 0.313 e. The van der Waals surface area contributed by atoms with Crippen LogP contribution in [0.3, 0.4) is 0 Å². The molecule has 0 heterocycles. The Morgan fingerprint density at radius 3 is 2.71 bits per heavy atom. The van der Waals surface area contributed by atoms with E-state index in [0.717, 1.165) is 12.8 Å². The molecule has 1 aliphatic carbocycles. The molecule has 5 heteroatoms. The summed E-state index contributed by atoms with van der Waals surface area (Å²) in [7, 11) is 0. The van der Waals surface area contributed by atoms with Crippen molar-refractivity contribution in [1.82, 2.24) is 5.32 Å². The Balaban J connectivity index is 1.97. The molecule has 0 aliphatic heterocycles. The van der Waals surface area contributed by atoms with Crippen molar-refractivity contribution in [2.75, 3.05) is 5.32 Å². The van der Waals surface area contributed by atoms with Gasteiger partial charge in [0.2, 0.25) is 0 Å². The summed E-state index contributed by atoms with van der Waals surface area (Å²) in [6, 6.07) is 8.53. The monoisotopic (exact) mass is 229 g/mol. The summed E-state index contributed by atoms with van der Waals surface area (Å²) in [5, 5.41) is 13.7. The summed E-state index contributed by atoms with van der Waals surface area (Å²) in [6.07, 6.45) is 1.87. The lowest BCUT2D eigenvalue weighted by molar-refractivity contribution is -0.136. The van der Waals surface area contributed by atoms with Crippen LogP contribution in [0.15, 0.2) is 24.3 Å². The van der Waals surface area contributed by atoms with Gasteiger partial charge in [0.15, 0.2) is 0 Å². The number of benzene rings is 1. The predicted octanol–water partition coefficient (Wildman–Crippen LogP) is 0.775. The summed E-state index contributed by atoms with van der Waals surface area (Å²) < 4.78 is 0. The molecule has 0 bridgehead atoms. The number of amides is 2. The third kappa shape index (κ3) is 3.05. The number of rotatable bonds is 2. The first-order chi connectivity index (χ1) is 8.19. The molecule has 2 rings (SSSR count). The molecule has 2 N–H and O–H groups in total. The standard InChI is InChI=1S/C12H11N3O2/c13-7-8-2-1-3-10(6-8)15-12(17)11(16)14-9-4-5-9/h1-3,6,9H,4-5H2,(H,14,16)(H,15,17). The molecule has 2 amide bonds. The number of hydrogen-bond donors (Lipinski definition) is 2. The molecule has 5 nitrogen and oxygen atoms in total.